The molecule has 1 aromatic rings. The van der Waals surface area contributed by atoms with E-state index in [1.165, 1.54) is 0 Å². The van der Waals surface area contributed by atoms with E-state index in [1.807, 2.05) is 25.3 Å². The Kier molecular flexibility index (Phi) is 6.64. The quantitative estimate of drug-likeness (QED) is 0.570. The summed E-state index contributed by atoms with van der Waals surface area (Å²) in [6.07, 6.45) is 6.24. The van der Waals surface area contributed by atoms with Gasteiger partial charge >= 0.3 is 0 Å². The molecule has 0 amide bonds. The van der Waals surface area contributed by atoms with Gasteiger partial charge in [-0.15, -0.1) is 6.58 Å². The molecule has 0 aliphatic heterocycles. The third kappa shape index (κ3) is 5.12. The molecule has 0 aromatic heterocycles. The van der Waals surface area contributed by atoms with Crippen molar-refractivity contribution < 1.29 is 0 Å². The molecule has 0 aliphatic rings. The molecule has 0 spiro atoms. The van der Waals surface area contributed by atoms with Crippen LogP contribution >= 0.6 is 23.2 Å². The van der Waals surface area contributed by atoms with Gasteiger partial charge in [-0.25, -0.2) is 0 Å². The van der Waals surface area contributed by atoms with Crippen LogP contribution < -0.4 is 5.32 Å². The lowest BCUT2D eigenvalue weighted by Gasteiger charge is -2.16. The molecule has 1 rings (SSSR count). The zero-order valence-electron chi connectivity index (χ0n) is 10.2. The van der Waals surface area contributed by atoms with Crippen LogP contribution in [-0.4, -0.2) is 13.1 Å². The van der Waals surface area contributed by atoms with Crippen molar-refractivity contribution in [2.75, 3.05) is 7.05 Å². The van der Waals surface area contributed by atoms with Crippen molar-refractivity contribution in [2.45, 2.75) is 31.7 Å². The molecule has 0 radical (unpaired) electrons. The fraction of sp³-hybridized carbons (Fsp3) is 0.429. The highest BCUT2D eigenvalue weighted by molar-refractivity contribution is 6.35. The smallest absolute Gasteiger partial charge is 0.0453 e. The summed E-state index contributed by atoms with van der Waals surface area (Å²) in [5.41, 5.74) is 1.15. The fourth-order valence-corrected chi connectivity index (χ4v) is 2.30. The Labute approximate surface area is 114 Å². The van der Waals surface area contributed by atoms with Gasteiger partial charge in [0.1, 0.15) is 0 Å². The lowest BCUT2D eigenvalue weighted by molar-refractivity contribution is 0.504. The molecule has 0 heterocycles. The van der Waals surface area contributed by atoms with Crippen molar-refractivity contribution in [1.29, 1.82) is 0 Å². The summed E-state index contributed by atoms with van der Waals surface area (Å²) in [6.45, 7) is 3.73. The van der Waals surface area contributed by atoms with Crippen molar-refractivity contribution in [3.8, 4) is 0 Å². The second kappa shape index (κ2) is 7.75. The summed E-state index contributed by atoms with van der Waals surface area (Å²) < 4.78 is 0. The molecule has 0 bridgehead atoms. The normalized spacial score (nSPS) is 12.4. The number of allylic oxidation sites excluding steroid dienone is 1. The number of hydrogen-bond donors (Lipinski definition) is 1. The van der Waals surface area contributed by atoms with Crippen molar-refractivity contribution >= 4 is 23.2 Å². The van der Waals surface area contributed by atoms with Crippen LogP contribution in [0, 0.1) is 0 Å². The fourth-order valence-electron chi connectivity index (χ4n) is 1.81. The Morgan fingerprint density at radius 1 is 1.41 bits per heavy atom. The van der Waals surface area contributed by atoms with Crippen LogP contribution in [-0.2, 0) is 6.42 Å². The van der Waals surface area contributed by atoms with Crippen LogP contribution in [0.1, 0.15) is 24.8 Å². The largest absolute Gasteiger partial charge is 0.317 e. The van der Waals surface area contributed by atoms with E-state index < -0.39 is 0 Å². The molecule has 0 saturated carbocycles. The molecule has 0 saturated heterocycles. The third-order valence-electron chi connectivity index (χ3n) is 2.85. The predicted molar refractivity (Wildman–Crippen MR) is 77.1 cm³/mol. The first-order valence-electron chi connectivity index (χ1n) is 5.89. The van der Waals surface area contributed by atoms with E-state index in [1.54, 1.807) is 6.07 Å². The van der Waals surface area contributed by atoms with Gasteiger partial charge in [-0.1, -0.05) is 35.3 Å². The first-order valence-corrected chi connectivity index (χ1v) is 6.65. The van der Waals surface area contributed by atoms with E-state index >= 15 is 0 Å². The van der Waals surface area contributed by atoms with Gasteiger partial charge in [0.25, 0.3) is 0 Å². The molecule has 0 fully saturated rings. The maximum Gasteiger partial charge on any atom is 0.0453 e. The van der Waals surface area contributed by atoms with Gasteiger partial charge in [-0.05, 0) is 50.4 Å². The van der Waals surface area contributed by atoms with Gasteiger partial charge in [-0.2, -0.15) is 0 Å². The summed E-state index contributed by atoms with van der Waals surface area (Å²) in [6, 6.07) is 6.14. The highest BCUT2D eigenvalue weighted by Gasteiger charge is 2.09. The van der Waals surface area contributed by atoms with E-state index in [0.29, 0.717) is 11.1 Å². The molecular formula is C14H19Cl2N. The van der Waals surface area contributed by atoms with Crippen LogP contribution in [0.5, 0.6) is 0 Å². The zero-order chi connectivity index (χ0) is 12.7. The summed E-state index contributed by atoms with van der Waals surface area (Å²) in [5.74, 6) is 0. The SMILES string of the molecule is C=CCCCC(Cc1ccc(Cl)cc1Cl)NC. The number of rotatable bonds is 7. The minimum absolute atomic E-state index is 0.452. The van der Waals surface area contributed by atoms with Crippen molar-refractivity contribution in [1.82, 2.24) is 5.32 Å². The first-order chi connectivity index (χ1) is 8.17. The lowest BCUT2D eigenvalue weighted by Crippen LogP contribution is -2.27. The van der Waals surface area contributed by atoms with Crippen LogP contribution in [0.15, 0.2) is 30.9 Å². The molecule has 1 nitrogen and oxygen atoms in total. The van der Waals surface area contributed by atoms with Crippen LogP contribution in [0.3, 0.4) is 0 Å². The van der Waals surface area contributed by atoms with Gasteiger partial charge in [0.15, 0.2) is 0 Å². The van der Waals surface area contributed by atoms with Crippen LogP contribution in [0.4, 0.5) is 0 Å². The molecule has 0 aliphatic carbocycles. The molecule has 17 heavy (non-hydrogen) atoms. The minimum Gasteiger partial charge on any atom is -0.317 e. The van der Waals surface area contributed by atoms with Gasteiger partial charge in [-0.3, -0.25) is 0 Å². The maximum absolute atomic E-state index is 6.16. The van der Waals surface area contributed by atoms with Gasteiger partial charge < -0.3 is 5.32 Å². The second-order valence-corrected chi connectivity index (χ2v) is 4.99. The number of unbranched alkanes of at least 4 members (excludes halogenated alkanes) is 1. The van der Waals surface area contributed by atoms with Gasteiger partial charge in [0.05, 0.1) is 0 Å². The first kappa shape index (κ1) is 14.6. The highest BCUT2D eigenvalue weighted by Crippen LogP contribution is 2.22. The third-order valence-corrected chi connectivity index (χ3v) is 3.44. The molecule has 1 unspecified atom stereocenters. The highest BCUT2D eigenvalue weighted by atomic mass is 35.5. The van der Waals surface area contributed by atoms with E-state index in [4.69, 9.17) is 23.2 Å². The van der Waals surface area contributed by atoms with E-state index in [-0.39, 0.29) is 0 Å². The number of benzene rings is 1. The molecule has 1 atom stereocenters. The standard InChI is InChI=1S/C14H19Cl2N/c1-3-4-5-6-13(17-2)9-11-7-8-12(15)10-14(11)16/h3,7-8,10,13,17H,1,4-6,9H2,2H3. The zero-order valence-corrected chi connectivity index (χ0v) is 11.7. The van der Waals surface area contributed by atoms with Crippen LogP contribution in [0.25, 0.3) is 0 Å². The maximum atomic E-state index is 6.16. The van der Waals surface area contributed by atoms with Crippen molar-refractivity contribution in [3.05, 3.63) is 46.5 Å². The van der Waals surface area contributed by atoms with Gasteiger partial charge in [0, 0.05) is 16.1 Å². The van der Waals surface area contributed by atoms with E-state index in [2.05, 4.69) is 11.9 Å². The predicted octanol–water partition coefficient (Wildman–Crippen LogP) is 4.48. The van der Waals surface area contributed by atoms with Crippen LogP contribution in [0.2, 0.25) is 10.0 Å². The molecule has 94 valence electrons. The summed E-state index contributed by atoms with van der Waals surface area (Å²) >= 11 is 12.0. The number of halogens is 2. The Hall–Kier alpha value is -0.500. The monoisotopic (exact) mass is 271 g/mol. The Morgan fingerprint density at radius 2 is 2.18 bits per heavy atom. The summed E-state index contributed by atoms with van der Waals surface area (Å²) in [5, 5.41) is 4.76. The Morgan fingerprint density at radius 3 is 2.76 bits per heavy atom. The molecule has 1 aromatic carbocycles. The average Bonchev–Trinajstić information content (AvgIpc) is 2.31. The Balaban J connectivity index is 2.57. The second-order valence-electron chi connectivity index (χ2n) is 4.15. The van der Waals surface area contributed by atoms with Crippen molar-refractivity contribution in [3.63, 3.8) is 0 Å². The average molecular weight is 272 g/mol. The molecular weight excluding hydrogens is 253 g/mol. The number of nitrogens with one attached hydrogen (secondary N) is 1. The lowest BCUT2D eigenvalue weighted by atomic mass is 10.0. The Bertz CT molecular complexity index is 363. The van der Waals surface area contributed by atoms with E-state index in [0.717, 1.165) is 36.3 Å². The number of likely N-dealkylation sites (N-methyl/N-ethyl adjacent to an activating group) is 1. The molecule has 1 N–H and O–H groups in total. The van der Waals surface area contributed by atoms with E-state index in [9.17, 15) is 0 Å². The number of hydrogen-bond acceptors (Lipinski definition) is 1. The summed E-state index contributed by atoms with van der Waals surface area (Å²) in [7, 11) is 1.99. The summed E-state index contributed by atoms with van der Waals surface area (Å²) in [4.78, 5) is 0. The minimum atomic E-state index is 0.452. The topological polar surface area (TPSA) is 12.0 Å². The molecule has 3 heteroatoms. The van der Waals surface area contributed by atoms with Crippen molar-refractivity contribution in [2.24, 2.45) is 0 Å². The van der Waals surface area contributed by atoms with Gasteiger partial charge in [0.2, 0.25) is 0 Å².